The van der Waals surface area contributed by atoms with Crippen molar-refractivity contribution in [3.63, 3.8) is 0 Å². The van der Waals surface area contributed by atoms with E-state index in [1.165, 1.54) is 4.90 Å². The number of ketones is 1. The number of anilines is 1. The number of aromatic nitrogens is 1. The lowest BCUT2D eigenvalue weighted by molar-refractivity contribution is -0.136. The van der Waals surface area contributed by atoms with Crippen molar-refractivity contribution in [3.8, 4) is 0 Å². The minimum atomic E-state index is -1.08. The van der Waals surface area contributed by atoms with E-state index < -0.39 is 12.5 Å². The third-order valence-corrected chi connectivity index (χ3v) is 5.83. The topological polar surface area (TPSA) is 129 Å². The molecule has 0 bridgehead atoms. The first kappa shape index (κ1) is 27.6. The number of hydrogen-bond donors (Lipinski definition) is 3. The van der Waals surface area contributed by atoms with Crippen LogP contribution in [0.3, 0.4) is 0 Å². The SMILES string of the molecule is CCCCC(=O)N(CC(=O)O)c1ccc2c(C(=O)CCc3ccc(C(=N)N)cc3)cn(C)c2c1.Cl. The van der Waals surface area contributed by atoms with Gasteiger partial charge in [0.2, 0.25) is 5.91 Å². The number of amides is 1. The minimum absolute atomic E-state index is 0. The Morgan fingerprint density at radius 3 is 2.37 bits per heavy atom. The van der Waals surface area contributed by atoms with Crippen molar-refractivity contribution < 1.29 is 19.5 Å². The highest BCUT2D eigenvalue weighted by atomic mass is 35.5. The second-order valence-electron chi connectivity index (χ2n) is 8.37. The lowest BCUT2D eigenvalue weighted by atomic mass is 10.0. The zero-order chi connectivity index (χ0) is 24.8. The minimum Gasteiger partial charge on any atom is -0.480 e. The molecule has 9 heteroatoms. The maximum absolute atomic E-state index is 13.0. The molecule has 0 fully saturated rings. The molecule has 0 unspecified atom stereocenters. The molecule has 0 saturated carbocycles. The number of aliphatic carboxylic acids is 1. The van der Waals surface area contributed by atoms with Crippen LogP contribution in [0.25, 0.3) is 10.9 Å². The number of nitrogens with two attached hydrogens (primary N) is 1. The number of aryl methyl sites for hydroxylation is 2. The molecular weight excluding hydrogens is 468 g/mol. The van der Waals surface area contributed by atoms with E-state index in [1.807, 2.05) is 30.7 Å². The van der Waals surface area contributed by atoms with E-state index in [0.717, 1.165) is 22.9 Å². The zero-order valence-electron chi connectivity index (χ0n) is 19.9. The second kappa shape index (κ2) is 12.2. The number of benzene rings is 2. The van der Waals surface area contributed by atoms with Crippen LogP contribution in [0.4, 0.5) is 5.69 Å². The number of fused-ring (bicyclic) bond motifs is 1. The number of nitrogens with one attached hydrogen (secondary N) is 1. The number of unbranched alkanes of at least 4 members (excludes halogenated alkanes) is 1. The molecule has 1 heterocycles. The Morgan fingerprint density at radius 1 is 1.09 bits per heavy atom. The molecule has 3 aromatic rings. The van der Waals surface area contributed by atoms with Crippen molar-refractivity contribution in [2.45, 2.75) is 39.0 Å². The highest BCUT2D eigenvalue weighted by Crippen LogP contribution is 2.28. The van der Waals surface area contributed by atoms with Crippen LogP contribution < -0.4 is 10.6 Å². The Kier molecular flexibility index (Phi) is 9.59. The number of carbonyl (C=O) groups is 3. The first-order valence-electron chi connectivity index (χ1n) is 11.3. The van der Waals surface area contributed by atoms with E-state index in [-0.39, 0.29) is 36.4 Å². The molecule has 1 aromatic heterocycles. The number of carboxylic acids is 1. The standard InChI is InChI=1S/C26H30N4O4.ClH/c1-3-4-5-24(32)30(16-25(33)34)19-11-12-20-21(15-29(2)22(20)14-19)23(31)13-8-17-6-9-18(10-7-17)26(27)28;/h6-7,9-12,14-15H,3-5,8,13,16H2,1-2H3,(H3,27,28)(H,33,34);1H. The molecule has 1 amide bonds. The van der Waals surface area contributed by atoms with Crippen molar-refractivity contribution in [2.75, 3.05) is 11.4 Å². The normalized spacial score (nSPS) is 10.6. The van der Waals surface area contributed by atoms with E-state index >= 15 is 0 Å². The monoisotopic (exact) mass is 498 g/mol. The van der Waals surface area contributed by atoms with Crippen molar-refractivity contribution in [2.24, 2.45) is 12.8 Å². The lowest BCUT2D eigenvalue weighted by Gasteiger charge is -2.21. The quantitative estimate of drug-likeness (QED) is 0.206. The van der Waals surface area contributed by atoms with E-state index in [4.69, 9.17) is 11.1 Å². The first-order valence-corrected chi connectivity index (χ1v) is 11.3. The van der Waals surface area contributed by atoms with Crippen LogP contribution in [0.2, 0.25) is 0 Å². The maximum Gasteiger partial charge on any atom is 0.323 e. The number of Topliss-reactive ketones (excluding diaryl/α,β-unsaturated/α-hetero) is 1. The van der Waals surface area contributed by atoms with Gasteiger partial charge in [-0.25, -0.2) is 0 Å². The molecule has 2 aromatic carbocycles. The molecule has 35 heavy (non-hydrogen) atoms. The van der Waals surface area contributed by atoms with Gasteiger partial charge in [0.15, 0.2) is 5.78 Å². The number of carbonyl (C=O) groups excluding carboxylic acids is 2. The van der Waals surface area contributed by atoms with Crippen LogP contribution in [-0.4, -0.2) is 39.7 Å². The van der Waals surface area contributed by atoms with Gasteiger partial charge in [0, 0.05) is 48.3 Å². The van der Waals surface area contributed by atoms with Crippen molar-refractivity contribution in [1.29, 1.82) is 5.41 Å². The predicted octanol–water partition coefficient (Wildman–Crippen LogP) is 4.31. The van der Waals surface area contributed by atoms with Gasteiger partial charge >= 0.3 is 5.97 Å². The number of rotatable bonds is 11. The van der Waals surface area contributed by atoms with Gasteiger partial charge in [0.1, 0.15) is 12.4 Å². The van der Waals surface area contributed by atoms with Gasteiger partial charge in [-0.3, -0.25) is 19.8 Å². The van der Waals surface area contributed by atoms with Crippen LogP contribution in [-0.2, 0) is 23.1 Å². The zero-order valence-corrected chi connectivity index (χ0v) is 20.7. The summed E-state index contributed by atoms with van der Waals surface area (Å²) in [5.41, 5.74) is 8.96. The Morgan fingerprint density at radius 2 is 1.77 bits per heavy atom. The van der Waals surface area contributed by atoms with Gasteiger partial charge in [-0.15, -0.1) is 12.4 Å². The molecule has 0 spiro atoms. The van der Waals surface area contributed by atoms with Crippen LogP contribution in [0.15, 0.2) is 48.7 Å². The summed E-state index contributed by atoms with van der Waals surface area (Å²) in [7, 11) is 1.82. The van der Waals surface area contributed by atoms with Crippen LogP contribution in [0.5, 0.6) is 0 Å². The fourth-order valence-corrected chi connectivity index (χ4v) is 3.93. The van der Waals surface area contributed by atoms with E-state index in [0.29, 0.717) is 36.1 Å². The molecule has 0 aliphatic heterocycles. The van der Waals surface area contributed by atoms with Crippen LogP contribution in [0, 0.1) is 5.41 Å². The van der Waals surface area contributed by atoms with Gasteiger partial charge < -0.3 is 20.3 Å². The summed E-state index contributed by atoms with van der Waals surface area (Å²) in [4.78, 5) is 38.3. The first-order chi connectivity index (χ1) is 16.2. The Labute approximate surface area is 210 Å². The molecule has 0 radical (unpaired) electrons. The summed E-state index contributed by atoms with van der Waals surface area (Å²) < 4.78 is 1.82. The fraction of sp³-hybridized carbons (Fsp3) is 0.308. The van der Waals surface area contributed by atoms with Crippen LogP contribution in [0.1, 0.15) is 54.1 Å². The number of nitrogens with zero attached hydrogens (tertiary/aromatic N) is 2. The summed E-state index contributed by atoms with van der Waals surface area (Å²) in [6.45, 7) is 1.57. The summed E-state index contributed by atoms with van der Waals surface area (Å²) in [5, 5.41) is 17.5. The van der Waals surface area contributed by atoms with Crippen LogP contribution >= 0.6 is 12.4 Å². The van der Waals surface area contributed by atoms with Crippen molar-refractivity contribution in [1.82, 2.24) is 4.57 Å². The van der Waals surface area contributed by atoms with E-state index in [1.54, 1.807) is 36.5 Å². The molecule has 3 rings (SSSR count). The molecule has 0 aliphatic carbocycles. The summed E-state index contributed by atoms with van der Waals surface area (Å²) >= 11 is 0. The Balaban J connectivity index is 0.00000432. The maximum atomic E-state index is 13.0. The number of hydrogen-bond acceptors (Lipinski definition) is 4. The molecule has 8 nitrogen and oxygen atoms in total. The molecule has 0 aliphatic rings. The molecular formula is C26H31ClN4O4. The average Bonchev–Trinajstić information content (AvgIpc) is 3.15. The van der Waals surface area contributed by atoms with E-state index in [9.17, 15) is 19.5 Å². The highest BCUT2D eigenvalue weighted by Gasteiger charge is 2.21. The highest BCUT2D eigenvalue weighted by molar-refractivity contribution is 6.09. The molecule has 0 saturated heterocycles. The van der Waals surface area contributed by atoms with Crippen molar-refractivity contribution >= 4 is 52.5 Å². The molecule has 186 valence electrons. The summed E-state index contributed by atoms with van der Waals surface area (Å²) in [5.74, 6) is -1.31. The largest absolute Gasteiger partial charge is 0.480 e. The van der Waals surface area contributed by atoms with Gasteiger partial charge in [-0.2, -0.15) is 0 Å². The van der Waals surface area contributed by atoms with Gasteiger partial charge in [-0.05, 0) is 30.5 Å². The Hall–Kier alpha value is -3.65. The van der Waals surface area contributed by atoms with E-state index in [2.05, 4.69) is 0 Å². The molecule has 4 N–H and O–H groups in total. The van der Waals surface area contributed by atoms with Gasteiger partial charge in [0.25, 0.3) is 0 Å². The van der Waals surface area contributed by atoms with Gasteiger partial charge in [-0.1, -0.05) is 43.7 Å². The fourth-order valence-electron chi connectivity index (χ4n) is 3.93. The Bertz CT molecular complexity index is 1230. The summed E-state index contributed by atoms with van der Waals surface area (Å²) in [6, 6.07) is 12.5. The molecule has 0 atom stereocenters. The lowest BCUT2D eigenvalue weighted by Crippen LogP contribution is -2.35. The smallest absolute Gasteiger partial charge is 0.323 e. The number of halogens is 1. The van der Waals surface area contributed by atoms with Gasteiger partial charge in [0.05, 0.1) is 5.52 Å². The number of nitrogen functional groups attached to an aromatic ring is 1. The predicted molar refractivity (Wildman–Crippen MR) is 140 cm³/mol. The average molecular weight is 499 g/mol. The third kappa shape index (κ3) is 6.70. The van der Waals surface area contributed by atoms with Crippen molar-refractivity contribution in [3.05, 3.63) is 65.4 Å². The third-order valence-electron chi connectivity index (χ3n) is 5.83. The summed E-state index contributed by atoms with van der Waals surface area (Å²) in [6.07, 6.45) is 4.47. The number of amidine groups is 1. The second-order valence-corrected chi connectivity index (χ2v) is 8.37. The number of carboxylic acid groups (broad SMARTS) is 1.